The molecule has 2 heterocycles. The van der Waals surface area contributed by atoms with Crippen LogP contribution in [0.15, 0.2) is 54.9 Å². The van der Waals surface area contributed by atoms with E-state index in [4.69, 9.17) is 18.5 Å². The molecule has 0 aliphatic carbocycles. The Morgan fingerprint density at radius 3 is 2.56 bits per heavy atom. The number of ether oxygens (including phenoxy) is 3. The number of carbonyl (C=O) groups excluding carboxylic acids is 2. The average Bonchev–Trinajstić information content (AvgIpc) is 3.11. The van der Waals surface area contributed by atoms with Gasteiger partial charge in [-0.25, -0.2) is 9.36 Å². The highest BCUT2D eigenvalue weighted by atomic mass is 31.2. The van der Waals surface area contributed by atoms with Crippen molar-refractivity contribution in [1.29, 1.82) is 0 Å². The van der Waals surface area contributed by atoms with Crippen LogP contribution in [0.1, 0.15) is 17.3 Å². The van der Waals surface area contributed by atoms with E-state index < -0.39 is 56.9 Å². The topological polar surface area (TPSA) is 163 Å². The van der Waals surface area contributed by atoms with Crippen LogP contribution in [-0.4, -0.2) is 71.5 Å². The molecule has 1 aromatic heterocycles. The Morgan fingerprint density at radius 2 is 1.91 bits per heavy atom. The smallest absolute Gasteiger partial charge is 0.459 e. The summed E-state index contributed by atoms with van der Waals surface area (Å²) in [7, 11) is -3.03. The fraction of sp³-hybridized carbons (Fsp3) is 0.381. The van der Waals surface area contributed by atoms with Crippen molar-refractivity contribution in [2.24, 2.45) is 0 Å². The number of nitrogens with one attached hydrogen (secondary N) is 1. The van der Waals surface area contributed by atoms with E-state index in [9.17, 15) is 24.4 Å². The zero-order chi connectivity index (χ0) is 24.7. The lowest BCUT2D eigenvalue weighted by Gasteiger charge is -2.24. The van der Waals surface area contributed by atoms with E-state index >= 15 is 0 Å². The van der Waals surface area contributed by atoms with Gasteiger partial charge in [0.05, 0.1) is 19.3 Å². The van der Waals surface area contributed by atoms with Crippen LogP contribution in [0.4, 0.5) is 0 Å². The maximum Gasteiger partial charge on any atom is 0.459 e. The van der Waals surface area contributed by atoms with Crippen LogP contribution >= 0.6 is 7.75 Å². The number of nitrogens with zero attached hydrogens (tertiary/aromatic N) is 1. The van der Waals surface area contributed by atoms with Crippen molar-refractivity contribution < 1.29 is 47.6 Å². The lowest BCUT2D eigenvalue weighted by Crippen LogP contribution is -2.37. The minimum absolute atomic E-state index is 0.120. The second-order valence-corrected chi connectivity index (χ2v) is 8.94. The number of aliphatic hydroxyl groups excluding tert-OH is 2. The van der Waals surface area contributed by atoms with Crippen LogP contribution in [0.2, 0.25) is 0 Å². The molecule has 1 aliphatic rings. The fourth-order valence-corrected chi connectivity index (χ4v) is 4.46. The third-order valence-electron chi connectivity index (χ3n) is 4.72. The van der Waals surface area contributed by atoms with E-state index in [0.717, 1.165) is 0 Å². The van der Waals surface area contributed by atoms with Gasteiger partial charge in [-0.3, -0.25) is 14.3 Å². The zero-order valence-corrected chi connectivity index (χ0v) is 19.2. The highest BCUT2D eigenvalue weighted by Gasteiger charge is 2.46. The predicted octanol–water partition coefficient (Wildman–Crippen LogP) is 1.04. The van der Waals surface area contributed by atoms with Gasteiger partial charge in [0.15, 0.2) is 0 Å². The Labute approximate surface area is 195 Å². The largest absolute Gasteiger partial charge is 0.468 e. The second-order valence-electron chi connectivity index (χ2n) is 7.24. The van der Waals surface area contributed by atoms with Gasteiger partial charge in [-0.15, -0.1) is 0 Å². The van der Waals surface area contributed by atoms with E-state index in [2.05, 4.69) is 14.8 Å². The molecule has 3 rings (SSSR count). The number of methoxy groups -OCH3 is 1. The van der Waals surface area contributed by atoms with Gasteiger partial charge in [0.2, 0.25) is 6.29 Å². The van der Waals surface area contributed by atoms with Gasteiger partial charge in [-0.1, -0.05) is 18.2 Å². The first kappa shape index (κ1) is 25.8. The summed E-state index contributed by atoms with van der Waals surface area (Å²) in [6, 6.07) is 9.99. The van der Waals surface area contributed by atoms with E-state index in [1.54, 1.807) is 18.2 Å². The first-order valence-corrected chi connectivity index (χ1v) is 11.7. The van der Waals surface area contributed by atoms with Crippen molar-refractivity contribution in [2.45, 2.75) is 37.6 Å². The molecule has 1 unspecified atom stereocenters. The third-order valence-corrected chi connectivity index (χ3v) is 6.37. The second kappa shape index (κ2) is 11.5. The summed E-state index contributed by atoms with van der Waals surface area (Å²) in [4.78, 5) is 27.8. The molecule has 1 saturated heterocycles. The number of esters is 2. The molecular weight excluding hydrogens is 471 g/mol. The summed E-state index contributed by atoms with van der Waals surface area (Å²) in [5.74, 6) is -1.35. The van der Waals surface area contributed by atoms with Crippen LogP contribution in [0.5, 0.6) is 5.75 Å². The number of para-hydroxylation sites is 1. The van der Waals surface area contributed by atoms with Crippen LogP contribution in [-0.2, 0) is 28.1 Å². The number of pyridine rings is 1. The molecule has 1 aliphatic heterocycles. The molecule has 12 nitrogen and oxygen atoms in total. The van der Waals surface area contributed by atoms with Crippen molar-refractivity contribution >= 4 is 19.7 Å². The van der Waals surface area contributed by atoms with Crippen LogP contribution in [0.25, 0.3) is 0 Å². The lowest BCUT2D eigenvalue weighted by molar-refractivity contribution is -0.142. The number of benzene rings is 1. The SMILES string of the molecule is COC(=O)[C@@H](C)N[P@](=O)(OC[C@H]1OC(OC(=O)c2cccnc2)[C@H](O)[C@@H]1O)Oc1ccccc1. The summed E-state index contributed by atoms with van der Waals surface area (Å²) in [6.45, 7) is 0.860. The van der Waals surface area contributed by atoms with Crippen LogP contribution in [0.3, 0.4) is 0 Å². The molecule has 1 fully saturated rings. The first-order chi connectivity index (χ1) is 16.2. The summed E-state index contributed by atoms with van der Waals surface area (Å²) < 4.78 is 39.4. The maximum absolute atomic E-state index is 13.3. The Morgan fingerprint density at radius 1 is 1.18 bits per heavy atom. The summed E-state index contributed by atoms with van der Waals surface area (Å²) >= 11 is 0. The summed E-state index contributed by atoms with van der Waals surface area (Å²) in [5, 5.41) is 23.0. The number of hydrogen-bond donors (Lipinski definition) is 3. The molecule has 0 radical (unpaired) electrons. The van der Waals surface area contributed by atoms with E-state index in [1.807, 2.05) is 0 Å². The number of hydrogen-bond acceptors (Lipinski definition) is 11. The highest BCUT2D eigenvalue weighted by Crippen LogP contribution is 2.45. The van der Waals surface area contributed by atoms with Gasteiger partial charge in [0.25, 0.3) is 0 Å². The standard InChI is InChI=1S/C21H25N2O10P/c1-13(19(26)29-2)23-34(28,33-15-8-4-3-5-9-15)30-12-16-17(24)18(25)21(31-16)32-20(27)14-7-6-10-22-11-14/h3-11,13,16-18,21,24-25H,12H2,1-2H3,(H,23,28)/t13-,16-,17-,18-,21?,34+/m1/s1. The molecule has 2 aromatic rings. The van der Waals surface area contributed by atoms with Crippen molar-refractivity contribution in [2.75, 3.05) is 13.7 Å². The lowest BCUT2D eigenvalue weighted by atomic mass is 10.1. The molecule has 0 saturated carbocycles. The third kappa shape index (κ3) is 6.60. The monoisotopic (exact) mass is 496 g/mol. The summed E-state index contributed by atoms with van der Waals surface area (Å²) in [6.07, 6.45) is -3.12. The van der Waals surface area contributed by atoms with Gasteiger partial charge in [-0.2, -0.15) is 5.09 Å². The fourth-order valence-electron chi connectivity index (χ4n) is 2.95. The zero-order valence-electron chi connectivity index (χ0n) is 18.3. The van der Waals surface area contributed by atoms with Gasteiger partial charge in [-0.05, 0) is 31.2 Å². The Hall–Kier alpha value is -2.86. The molecular formula is C21H25N2O10P. The van der Waals surface area contributed by atoms with Crippen LogP contribution < -0.4 is 9.61 Å². The van der Waals surface area contributed by atoms with Crippen molar-refractivity contribution in [1.82, 2.24) is 10.1 Å². The molecule has 3 N–H and O–H groups in total. The Balaban J connectivity index is 1.66. The molecule has 0 spiro atoms. The Kier molecular flexibility index (Phi) is 8.72. The highest BCUT2D eigenvalue weighted by molar-refractivity contribution is 7.52. The van der Waals surface area contributed by atoms with Crippen molar-refractivity contribution in [3.8, 4) is 5.75 Å². The molecule has 6 atom stereocenters. The van der Waals surface area contributed by atoms with Gasteiger partial charge < -0.3 is 28.9 Å². The first-order valence-electron chi connectivity index (χ1n) is 10.2. The predicted molar refractivity (Wildman–Crippen MR) is 116 cm³/mol. The molecule has 1 aromatic carbocycles. The average molecular weight is 496 g/mol. The van der Waals surface area contributed by atoms with Gasteiger partial charge in [0, 0.05) is 12.4 Å². The van der Waals surface area contributed by atoms with Crippen molar-refractivity contribution in [3.63, 3.8) is 0 Å². The Bertz CT molecular complexity index is 1010. The number of aliphatic hydroxyl groups is 2. The van der Waals surface area contributed by atoms with Gasteiger partial charge >= 0.3 is 19.7 Å². The molecule has 13 heteroatoms. The quantitative estimate of drug-likeness (QED) is 0.317. The minimum atomic E-state index is -4.20. The molecule has 0 bridgehead atoms. The number of rotatable bonds is 10. The van der Waals surface area contributed by atoms with Crippen LogP contribution in [0, 0.1) is 0 Å². The van der Waals surface area contributed by atoms with Gasteiger partial charge in [0.1, 0.15) is 30.1 Å². The van der Waals surface area contributed by atoms with Crippen molar-refractivity contribution in [3.05, 3.63) is 60.4 Å². The van der Waals surface area contributed by atoms with E-state index in [-0.39, 0.29) is 11.3 Å². The molecule has 34 heavy (non-hydrogen) atoms. The normalized spacial score (nSPS) is 24.6. The maximum atomic E-state index is 13.3. The molecule has 184 valence electrons. The molecule has 0 amide bonds. The van der Waals surface area contributed by atoms with E-state index in [1.165, 1.54) is 50.7 Å². The number of carbonyl (C=O) groups is 2. The summed E-state index contributed by atoms with van der Waals surface area (Å²) in [5.41, 5.74) is 0.120. The minimum Gasteiger partial charge on any atom is -0.468 e. The van der Waals surface area contributed by atoms with E-state index in [0.29, 0.717) is 0 Å². The number of aromatic nitrogens is 1.